The maximum absolute atomic E-state index is 5.93. The first-order valence-corrected chi connectivity index (χ1v) is 6.24. The summed E-state index contributed by atoms with van der Waals surface area (Å²) in [6.07, 6.45) is 1.47. The summed E-state index contributed by atoms with van der Waals surface area (Å²) in [5.74, 6) is 1.55. The second-order valence-corrected chi connectivity index (χ2v) is 4.42. The number of halogens is 1. The van der Waals surface area contributed by atoms with Crippen LogP contribution in [0.3, 0.4) is 0 Å². The minimum absolute atomic E-state index is 0.187. The molecule has 1 aromatic heterocycles. The standard InChI is InChI=1S/C13H15ClN4O/c1-9-3-2-4-10(7-9)19-6-5-16-12-11(14)8-17-13(15)18-12/h2-4,7-8H,5-6H2,1H3,(H3,15,16,17,18). The average Bonchev–Trinajstić information content (AvgIpc) is 2.39. The number of rotatable bonds is 5. The van der Waals surface area contributed by atoms with Gasteiger partial charge in [0.25, 0.3) is 0 Å². The molecule has 0 aliphatic heterocycles. The summed E-state index contributed by atoms with van der Waals surface area (Å²) in [5.41, 5.74) is 6.65. The van der Waals surface area contributed by atoms with Gasteiger partial charge in [0.1, 0.15) is 17.4 Å². The Morgan fingerprint density at radius 1 is 1.42 bits per heavy atom. The first-order valence-electron chi connectivity index (χ1n) is 5.86. The fraction of sp³-hybridized carbons (Fsp3) is 0.231. The van der Waals surface area contributed by atoms with E-state index in [0.717, 1.165) is 11.3 Å². The van der Waals surface area contributed by atoms with Gasteiger partial charge in [-0.2, -0.15) is 4.98 Å². The van der Waals surface area contributed by atoms with E-state index >= 15 is 0 Å². The Hall–Kier alpha value is -2.01. The van der Waals surface area contributed by atoms with Crippen LogP contribution in [0.5, 0.6) is 5.75 Å². The number of nitrogens with one attached hydrogen (secondary N) is 1. The maximum Gasteiger partial charge on any atom is 0.222 e. The summed E-state index contributed by atoms with van der Waals surface area (Å²) in [4.78, 5) is 7.79. The fourth-order valence-electron chi connectivity index (χ4n) is 1.55. The summed E-state index contributed by atoms with van der Waals surface area (Å²) < 4.78 is 5.60. The summed E-state index contributed by atoms with van der Waals surface area (Å²) in [6, 6.07) is 7.88. The van der Waals surface area contributed by atoms with Gasteiger partial charge in [0.05, 0.1) is 12.7 Å². The molecular weight excluding hydrogens is 264 g/mol. The third-order valence-corrected chi connectivity index (χ3v) is 2.69. The summed E-state index contributed by atoms with van der Waals surface area (Å²) in [5, 5.41) is 3.49. The van der Waals surface area contributed by atoms with E-state index in [4.69, 9.17) is 22.1 Å². The van der Waals surface area contributed by atoms with E-state index in [9.17, 15) is 0 Å². The zero-order valence-electron chi connectivity index (χ0n) is 10.6. The smallest absolute Gasteiger partial charge is 0.222 e. The lowest BCUT2D eigenvalue weighted by molar-refractivity contribution is 0.332. The topological polar surface area (TPSA) is 73.1 Å². The lowest BCUT2D eigenvalue weighted by Gasteiger charge is -2.09. The molecule has 0 spiro atoms. The van der Waals surface area contributed by atoms with E-state index in [1.165, 1.54) is 6.20 Å². The van der Waals surface area contributed by atoms with E-state index < -0.39 is 0 Å². The van der Waals surface area contributed by atoms with Gasteiger partial charge >= 0.3 is 0 Å². The van der Waals surface area contributed by atoms with Crippen molar-refractivity contribution in [3.63, 3.8) is 0 Å². The molecule has 0 atom stereocenters. The fourth-order valence-corrected chi connectivity index (χ4v) is 1.71. The van der Waals surface area contributed by atoms with Gasteiger partial charge in [-0.1, -0.05) is 23.7 Å². The van der Waals surface area contributed by atoms with Gasteiger partial charge < -0.3 is 15.8 Å². The Balaban J connectivity index is 1.82. The number of ether oxygens (including phenoxy) is 1. The van der Waals surface area contributed by atoms with Crippen molar-refractivity contribution in [1.29, 1.82) is 0 Å². The number of aromatic nitrogens is 2. The zero-order valence-corrected chi connectivity index (χ0v) is 11.3. The third kappa shape index (κ3) is 3.99. The van der Waals surface area contributed by atoms with Crippen LogP contribution in [0.15, 0.2) is 30.5 Å². The van der Waals surface area contributed by atoms with Gasteiger partial charge in [-0.25, -0.2) is 4.98 Å². The van der Waals surface area contributed by atoms with Crippen LogP contribution < -0.4 is 15.8 Å². The van der Waals surface area contributed by atoms with E-state index in [1.807, 2.05) is 31.2 Å². The normalized spacial score (nSPS) is 10.2. The summed E-state index contributed by atoms with van der Waals surface area (Å²) >= 11 is 5.93. The molecule has 3 N–H and O–H groups in total. The highest BCUT2D eigenvalue weighted by Gasteiger charge is 2.02. The molecule has 5 nitrogen and oxygen atoms in total. The molecule has 19 heavy (non-hydrogen) atoms. The van der Waals surface area contributed by atoms with Crippen molar-refractivity contribution in [2.75, 3.05) is 24.2 Å². The molecule has 0 saturated heterocycles. The van der Waals surface area contributed by atoms with Crippen LogP contribution in [-0.4, -0.2) is 23.1 Å². The van der Waals surface area contributed by atoms with Crippen molar-refractivity contribution < 1.29 is 4.74 Å². The first kappa shape index (κ1) is 13.4. The molecule has 0 unspecified atom stereocenters. The number of hydrogen-bond acceptors (Lipinski definition) is 5. The SMILES string of the molecule is Cc1cccc(OCCNc2nc(N)ncc2Cl)c1. The van der Waals surface area contributed by atoms with Crippen LogP contribution in [-0.2, 0) is 0 Å². The van der Waals surface area contributed by atoms with Crippen LogP contribution in [0.1, 0.15) is 5.56 Å². The van der Waals surface area contributed by atoms with Gasteiger partial charge in [0.2, 0.25) is 5.95 Å². The quantitative estimate of drug-likeness (QED) is 0.822. The molecule has 0 aliphatic rings. The third-order valence-electron chi connectivity index (χ3n) is 2.42. The molecule has 0 aliphatic carbocycles. The van der Waals surface area contributed by atoms with Gasteiger partial charge in [0.15, 0.2) is 5.82 Å². The zero-order chi connectivity index (χ0) is 13.7. The maximum atomic E-state index is 5.93. The van der Waals surface area contributed by atoms with Crippen molar-refractivity contribution in [3.8, 4) is 5.75 Å². The summed E-state index contributed by atoms with van der Waals surface area (Å²) in [6.45, 7) is 3.10. The highest BCUT2D eigenvalue weighted by atomic mass is 35.5. The van der Waals surface area contributed by atoms with Crippen molar-refractivity contribution in [3.05, 3.63) is 41.0 Å². The number of aryl methyl sites for hydroxylation is 1. The number of hydrogen-bond donors (Lipinski definition) is 2. The minimum atomic E-state index is 0.187. The van der Waals surface area contributed by atoms with E-state index in [0.29, 0.717) is 24.0 Å². The first-order chi connectivity index (χ1) is 9.15. The Kier molecular flexibility index (Phi) is 4.41. The molecule has 0 bridgehead atoms. The van der Waals surface area contributed by atoms with E-state index in [2.05, 4.69) is 15.3 Å². The van der Waals surface area contributed by atoms with E-state index in [-0.39, 0.29) is 5.95 Å². The molecule has 100 valence electrons. The summed E-state index contributed by atoms with van der Waals surface area (Å²) in [7, 11) is 0. The molecule has 6 heteroatoms. The molecule has 1 aromatic carbocycles. The van der Waals surface area contributed by atoms with Crippen LogP contribution in [0, 0.1) is 6.92 Å². The molecule has 0 fully saturated rings. The Bertz CT molecular complexity index is 562. The van der Waals surface area contributed by atoms with Gasteiger partial charge in [0, 0.05) is 0 Å². The number of benzene rings is 1. The van der Waals surface area contributed by atoms with Gasteiger partial charge in [-0.3, -0.25) is 0 Å². The number of nitrogen functional groups attached to an aromatic ring is 1. The molecule has 2 aromatic rings. The van der Waals surface area contributed by atoms with E-state index in [1.54, 1.807) is 0 Å². The largest absolute Gasteiger partial charge is 0.492 e. The molecule has 0 amide bonds. The predicted molar refractivity (Wildman–Crippen MR) is 76.6 cm³/mol. The molecule has 1 heterocycles. The Morgan fingerprint density at radius 2 is 2.26 bits per heavy atom. The van der Waals surface area contributed by atoms with Crippen molar-refractivity contribution in [2.45, 2.75) is 6.92 Å². The second-order valence-electron chi connectivity index (χ2n) is 4.02. The van der Waals surface area contributed by atoms with Crippen LogP contribution in [0.25, 0.3) is 0 Å². The molecule has 0 saturated carbocycles. The van der Waals surface area contributed by atoms with Crippen LogP contribution in [0.2, 0.25) is 5.02 Å². The monoisotopic (exact) mass is 278 g/mol. The second kappa shape index (κ2) is 6.24. The van der Waals surface area contributed by atoms with Crippen molar-refractivity contribution >= 4 is 23.4 Å². The number of nitrogens with two attached hydrogens (primary N) is 1. The molecule has 2 rings (SSSR count). The number of nitrogens with zero attached hydrogens (tertiary/aromatic N) is 2. The number of anilines is 2. The predicted octanol–water partition coefficient (Wildman–Crippen LogP) is 2.51. The highest BCUT2D eigenvalue weighted by molar-refractivity contribution is 6.32. The van der Waals surface area contributed by atoms with Gasteiger partial charge in [-0.15, -0.1) is 0 Å². The minimum Gasteiger partial charge on any atom is -0.492 e. The van der Waals surface area contributed by atoms with Gasteiger partial charge in [-0.05, 0) is 24.6 Å². The lowest BCUT2D eigenvalue weighted by Crippen LogP contribution is -2.13. The Labute approximate surface area is 116 Å². The van der Waals surface area contributed by atoms with Crippen LogP contribution in [0.4, 0.5) is 11.8 Å². The lowest BCUT2D eigenvalue weighted by atomic mass is 10.2. The molecular formula is C13H15ClN4O. The Morgan fingerprint density at radius 3 is 3.05 bits per heavy atom. The molecule has 0 radical (unpaired) electrons. The van der Waals surface area contributed by atoms with Crippen molar-refractivity contribution in [1.82, 2.24) is 9.97 Å². The average molecular weight is 279 g/mol. The van der Waals surface area contributed by atoms with Crippen molar-refractivity contribution in [2.24, 2.45) is 0 Å². The highest BCUT2D eigenvalue weighted by Crippen LogP contribution is 2.18. The van der Waals surface area contributed by atoms with Crippen LogP contribution >= 0.6 is 11.6 Å².